The van der Waals surface area contributed by atoms with Gasteiger partial charge >= 0.3 is 0 Å². The van der Waals surface area contributed by atoms with Crippen molar-refractivity contribution in [3.05, 3.63) is 78.6 Å². The third-order valence-corrected chi connectivity index (χ3v) is 2.98. The Kier molecular flexibility index (Phi) is 3.69. The van der Waals surface area contributed by atoms with Gasteiger partial charge in [-0.2, -0.15) is 0 Å². The molecule has 0 spiro atoms. The van der Waals surface area contributed by atoms with Gasteiger partial charge in [0.15, 0.2) is 0 Å². The van der Waals surface area contributed by atoms with Crippen molar-refractivity contribution in [2.24, 2.45) is 0 Å². The molecule has 4 nitrogen and oxygen atoms in total. The third kappa shape index (κ3) is 3.12. The Labute approximate surface area is 122 Å². The van der Waals surface area contributed by atoms with Gasteiger partial charge in [0.1, 0.15) is 0 Å². The molecule has 4 heteroatoms. The van der Waals surface area contributed by atoms with Gasteiger partial charge in [-0.1, -0.05) is 24.3 Å². The van der Waals surface area contributed by atoms with Crippen molar-refractivity contribution in [2.45, 2.75) is 0 Å². The number of benzene rings is 1. The molecule has 2 aromatic heterocycles. The average molecular weight is 275 g/mol. The first-order valence-corrected chi connectivity index (χ1v) is 6.57. The maximum atomic E-state index is 12.0. The molecule has 0 radical (unpaired) electrons. The van der Waals surface area contributed by atoms with Crippen LogP contribution in [0.5, 0.6) is 0 Å². The van der Waals surface area contributed by atoms with E-state index in [4.69, 9.17) is 0 Å². The molecular weight excluding hydrogens is 262 g/mol. The number of amides is 1. The van der Waals surface area contributed by atoms with Crippen molar-refractivity contribution in [3.63, 3.8) is 0 Å². The van der Waals surface area contributed by atoms with Crippen LogP contribution in [0, 0.1) is 0 Å². The highest BCUT2D eigenvalue weighted by atomic mass is 16.1. The molecule has 0 aliphatic carbocycles. The summed E-state index contributed by atoms with van der Waals surface area (Å²) in [5, 5.41) is 2.82. The van der Waals surface area contributed by atoms with Crippen LogP contribution < -0.4 is 5.32 Å². The molecule has 0 fully saturated rings. The minimum Gasteiger partial charge on any atom is -0.321 e. The lowest BCUT2D eigenvalue weighted by Crippen LogP contribution is -2.11. The van der Waals surface area contributed by atoms with Gasteiger partial charge in [0.25, 0.3) is 5.91 Å². The van der Waals surface area contributed by atoms with Crippen LogP contribution in [0.1, 0.15) is 10.4 Å². The van der Waals surface area contributed by atoms with Crippen molar-refractivity contribution < 1.29 is 4.79 Å². The SMILES string of the molecule is O=C(Nc1ccc(-c2ccccn2)nc1)c1ccccc1. The van der Waals surface area contributed by atoms with Crippen molar-refractivity contribution in [1.82, 2.24) is 9.97 Å². The number of nitrogens with one attached hydrogen (secondary N) is 1. The van der Waals surface area contributed by atoms with Gasteiger partial charge in [0.05, 0.1) is 23.3 Å². The Morgan fingerprint density at radius 2 is 1.57 bits per heavy atom. The predicted molar refractivity (Wildman–Crippen MR) is 81.9 cm³/mol. The Hall–Kier alpha value is -3.01. The van der Waals surface area contributed by atoms with Crippen molar-refractivity contribution in [3.8, 4) is 11.4 Å². The molecule has 3 rings (SSSR count). The van der Waals surface area contributed by atoms with Gasteiger partial charge in [-0.05, 0) is 36.4 Å². The van der Waals surface area contributed by atoms with E-state index < -0.39 is 0 Å². The molecule has 0 bridgehead atoms. The average Bonchev–Trinajstić information content (AvgIpc) is 2.57. The predicted octanol–water partition coefficient (Wildman–Crippen LogP) is 3.40. The zero-order chi connectivity index (χ0) is 14.5. The van der Waals surface area contributed by atoms with E-state index in [1.807, 2.05) is 48.5 Å². The van der Waals surface area contributed by atoms with Gasteiger partial charge in [-0.15, -0.1) is 0 Å². The van der Waals surface area contributed by atoms with Gasteiger partial charge < -0.3 is 5.32 Å². The molecule has 0 saturated heterocycles. The highest BCUT2D eigenvalue weighted by molar-refractivity contribution is 6.04. The van der Waals surface area contributed by atoms with E-state index in [1.54, 1.807) is 24.5 Å². The number of carbonyl (C=O) groups is 1. The summed E-state index contributed by atoms with van der Waals surface area (Å²) in [7, 11) is 0. The summed E-state index contributed by atoms with van der Waals surface area (Å²) in [5.41, 5.74) is 2.85. The van der Waals surface area contributed by atoms with E-state index in [-0.39, 0.29) is 5.91 Å². The first kappa shape index (κ1) is 13.0. The molecule has 0 unspecified atom stereocenters. The minimum absolute atomic E-state index is 0.150. The molecule has 0 atom stereocenters. The molecule has 0 aliphatic rings. The fraction of sp³-hybridized carbons (Fsp3) is 0. The zero-order valence-corrected chi connectivity index (χ0v) is 11.2. The summed E-state index contributed by atoms with van der Waals surface area (Å²) >= 11 is 0. The monoisotopic (exact) mass is 275 g/mol. The van der Waals surface area contributed by atoms with Crippen LogP contribution >= 0.6 is 0 Å². The number of nitrogens with zero attached hydrogens (tertiary/aromatic N) is 2. The highest BCUT2D eigenvalue weighted by Gasteiger charge is 2.06. The summed E-state index contributed by atoms with van der Waals surface area (Å²) in [6.45, 7) is 0. The Balaban J connectivity index is 1.75. The lowest BCUT2D eigenvalue weighted by atomic mass is 10.2. The summed E-state index contributed by atoms with van der Waals surface area (Å²) < 4.78 is 0. The maximum Gasteiger partial charge on any atom is 0.255 e. The highest BCUT2D eigenvalue weighted by Crippen LogP contribution is 2.16. The van der Waals surface area contributed by atoms with Crippen LogP contribution in [-0.2, 0) is 0 Å². The second-order valence-electron chi connectivity index (χ2n) is 4.47. The number of rotatable bonds is 3. The summed E-state index contributed by atoms with van der Waals surface area (Å²) in [6.07, 6.45) is 3.35. The molecule has 21 heavy (non-hydrogen) atoms. The van der Waals surface area contributed by atoms with Crippen LogP contribution in [0.4, 0.5) is 5.69 Å². The Bertz CT molecular complexity index is 725. The summed E-state index contributed by atoms with van der Waals surface area (Å²) in [6, 6.07) is 18.4. The van der Waals surface area contributed by atoms with Gasteiger partial charge in [-0.3, -0.25) is 14.8 Å². The first-order chi connectivity index (χ1) is 10.3. The maximum absolute atomic E-state index is 12.0. The van der Waals surface area contributed by atoms with E-state index in [0.717, 1.165) is 11.4 Å². The number of carbonyl (C=O) groups excluding carboxylic acids is 1. The third-order valence-electron chi connectivity index (χ3n) is 2.98. The van der Waals surface area contributed by atoms with E-state index in [0.29, 0.717) is 11.3 Å². The van der Waals surface area contributed by atoms with Crippen LogP contribution in [0.25, 0.3) is 11.4 Å². The largest absolute Gasteiger partial charge is 0.321 e. The standard InChI is InChI=1S/C17H13N3O/c21-17(13-6-2-1-3-7-13)20-14-9-10-16(19-12-14)15-8-4-5-11-18-15/h1-12H,(H,20,21). The quantitative estimate of drug-likeness (QED) is 0.797. The molecular formula is C17H13N3O. The van der Waals surface area contributed by atoms with Crippen LogP contribution in [-0.4, -0.2) is 15.9 Å². The van der Waals surface area contributed by atoms with E-state index in [1.165, 1.54) is 0 Å². The molecule has 1 aromatic carbocycles. The fourth-order valence-electron chi connectivity index (χ4n) is 1.93. The van der Waals surface area contributed by atoms with Gasteiger partial charge in [0, 0.05) is 11.8 Å². The number of anilines is 1. The fourth-order valence-corrected chi connectivity index (χ4v) is 1.93. The van der Waals surface area contributed by atoms with Crippen molar-refractivity contribution >= 4 is 11.6 Å². The second kappa shape index (κ2) is 5.96. The molecule has 0 saturated carbocycles. The van der Waals surface area contributed by atoms with Crippen molar-refractivity contribution in [1.29, 1.82) is 0 Å². The topological polar surface area (TPSA) is 54.9 Å². The minimum atomic E-state index is -0.150. The number of hydrogen-bond donors (Lipinski definition) is 1. The molecule has 1 amide bonds. The van der Waals surface area contributed by atoms with E-state index >= 15 is 0 Å². The molecule has 1 N–H and O–H groups in total. The zero-order valence-electron chi connectivity index (χ0n) is 11.2. The van der Waals surface area contributed by atoms with Gasteiger partial charge in [0.2, 0.25) is 0 Å². The number of aromatic nitrogens is 2. The van der Waals surface area contributed by atoms with E-state index in [2.05, 4.69) is 15.3 Å². The summed E-state index contributed by atoms with van der Waals surface area (Å²) in [4.78, 5) is 20.6. The molecule has 2 heterocycles. The van der Waals surface area contributed by atoms with Crippen LogP contribution in [0.2, 0.25) is 0 Å². The smallest absolute Gasteiger partial charge is 0.255 e. The number of hydrogen-bond acceptors (Lipinski definition) is 3. The normalized spacial score (nSPS) is 10.1. The number of pyridine rings is 2. The van der Waals surface area contributed by atoms with Gasteiger partial charge in [-0.25, -0.2) is 0 Å². The van der Waals surface area contributed by atoms with Crippen LogP contribution in [0.15, 0.2) is 73.1 Å². The Morgan fingerprint density at radius 3 is 2.24 bits per heavy atom. The van der Waals surface area contributed by atoms with Crippen molar-refractivity contribution in [2.75, 3.05) is 5.32 Å². The second-order valence-corrected chi connectivity index (χ2v) is 4.47. The molecule has 3 aromatic rings. The summed E-state index contributed by atoms with van der Waals surface area (Å²) in [5.74, 6) is -0.150. The molecule has 0 aliphatic heterocycles. The first-order valence-electron chi connectivity index (χ1n) is 6.57. The Morgan fingerprint density at radius 1 is 0.810 bits per heavy atom. The lowest BCUT2D eigenvalue weighted by molar-refractivity contribution is 0.102. The lowest BCUT2D eigenvalue weighted by Gasteiger charge is -2.05. The van der Waals surface area contributed by atoms with E-state index in [9.17, 15) is 4.79 Å². The molecule has 102 valence electrons. The van der Waals surface area contributed by atoms with Crippen LogP contribution in [0.3, 0.4) is 0 Å².